The van der Waals surface area contributed by atoms with Gasteiger partial charge < -0.3 is 80.5 Å². The number of quaternary nitrogens is 1. The van der Waals surface area contributed by atoms with E-state index in [4.69, 9.17) is 80.5 Å². The van der Waals surface area contributed by atoms with Gasteiger partial charge in [0.25, 0.3) is 0 Å². The summed E-state index contributed by atoms with van der Waals surface area (Å²) >= 11 is 0. The van der Waals surface area contributed by atoms with E-state index in [0.29, 0.717) is 211 Å². The van der Waals surface area contributed by atoms with Gasteiger partial charge in [-0.15, -0.1) is 4.18 Å². The fraction of sp³-hybridized carbons (Fsp3) is 0.846. The molecule has 75 heavy (non-hydrogen) atoms. The fourth-order valence-electron chi connectivity index (χ4n) is 6.32. The van der Waals surface area contributed by atoms with Crippen molar-refractivity contribution < 1.29 is 104 Å². The summed E-state index contributed by atoms with van der Waals surface area (Å²) in [6, 6.07) is 6.53. The molecule has 0 aromatic heterocycles. The van der Waals surface area contributed by atoms with E-state index in [0.717, 1.165) is 17.7 Å². The van der Waals surface area contributed by atoms with Gasteiger partial charge in [0.1, 0.15) is 23.5 Å². The minimum Gasteiger partial charge on any atom is -0.491 e. The Morgan fingerprint density at radius 3 is 0.973 bits per heavy atom. The van der Waals surface area contributed by atoms with Gasteiger partial charge in [-0.25, -0.2) is 0 Å². The number of hydrogen-bond acceptors (Lipinski definition) is 20. The monoisotopic (exact) mass is 1100 g/mol. The summed E-state index contributed by atoms with van der Waals surface area (Å²) in [5, 5.41) is 0. The number of ether oxygens (including phenoxy) is 17. The molecule has 0 amide bonds. The molecule has 0 aliphatic heterocycles. The molecule has 0 bridgehead atoms. The molecule has 1 aromatic carbocycles. The number of unbranched alkanes of at least 4 members (excludes halogenated alkanes) is 6. The number of aryl methyl sites for hydroxylation is 1. The maximum atomic E-state index is 10.9. The molecule has 0 fully saturated rings. The quantitative estimate of drug-likeness (QED) is 0.0536. The lowest BCUT2D eigenvalue weighted by Crippen LogP contribution is -2.53. The molecule has 0 aliphatic carbocycles. The summed E-state index contributed by atoms with van der Waals surface area (Å²) in [4.78, 5) is 0. The highest BCUT2D eigenvalue weighted by Crippen LogP contribution is 2.23. The Labute approximate surface area is 450 Å². The number of hydrogen-bond donors (Lipinski definition) is 1. The highest BCUT2D eigenvalue weighted by Gasteiger charge is 2.35. The van der Waals surface area contributed by atoms with Gasteiger partial charge in [0.15, 0.2) is 0 Å². The van der Waals surface area contributed by atoms with E-state index < -0.39 is 10.8 Å². The van der Waals surface area contributed by atoms with E-state index in [1.165, 1.54) is 50.5 Å². The molecule has 0 spiro atoms. The summed E-state index contributed by atoms with van der Waals surface area (Å²) in [6.07, 6.45) is 14.5. The van der Waals surface area contributed by atoms with Crippen LogP contribution in [0.15, 0.2) is 24.3 Å². The normalized spacial score (nSPS) is 12.6. The first-order chi connectivity index (χ1) is 37.0. The Morgan fingerprint density at radius 2 is 0.680 bits per heavy atom. The average Bonchev–Trinajstić information content (AvgIpc) is 3.41. The van der Waals surface area contributed by atoms with Gasteiger partial charge >= 0.3 is 10.8 Å². The standard InChI is InChI=1S/C52H98NO21S/c1-3-5-6-7-8-9-10-12-50-13-14-52(51(49-50)11-4-2)72-47-45-70-43-41-68-39-37-66-35-33-64-31-29-62-27-25-60-23-21-58-19-17-56-15-16-57-18-20-59-22-24-61-26-28-63-30-32-65-34-36-67-38-40-69-42-44-71-46-48-73-75(54,55)74-53/h4,11,13-14,49H,3,5-10,12,15-48H2,1-2,53H3/q+2/b11-4+. The van der Waals surface area contributed by atoms with E-state index in [9.17, 15) is 8.76 Å². The molecule has 0 saturated carbocycles. The van der Waals surface area contributed by atoms with E-state index in [1.807, 2.05) is 6.92 Å². The molecule has 1 radical (unpaired) electrons. The number of benzene rings is 1. The Kier molecular flexibility index (Phi) is 55.3. The highest BCUT2D eigenvalue weighted by molar-refractivity contribution is 7.88. The zero-order valence-electron chi connectivity index (χ0n) is 45.8. The Bertz CT molecular complexity index is 1390. The van der Waals surface area contributed by atoms with Crippen LogP contribution in [-0.4, -0.2) is 225 Å². The minimum absolute atomic E-state index is 0.0833. The largest absolute Gasteiger partial charge is 0.597 e. The Balaban J connectivity index is 1.69. The van der Waals surface area contributed by atoms with Gasteiger partial charge in [-0.3, -0.25) is 0 Å². The molecule has 0 aliphatic rings. The van der Waals surface area contributed by atoms with Crippen LogP contribution in [0.25, 0.3) is 6.08 Å². The lowest BCUT2D eigenvalue weighted by atomic mass is 10.0. The molecular formula is C52H98NO21S+2. The molecule has 23 heteroatoms. The van der Waals surface area contributed by atoms with Crippen LogP contribution in [0.3, 0.4) is 0 Å². The zero-order valence-corrected chi connectivity index (χ0v) is 46.6. The molecule has 0 saturated heterocycles. The topological polar surface area (TPSA) is 240 Å². The molecule has 1 atom stereocenters. The molecular weight excluding hydrogens is 1010 g/mol. The van der Waals surface area contributed by atoms with E-state index in [1.54, 1.807) is 0 Å². The van der Waals surface area contributed by atoms with Gasteiger partial charge in [0.2, 0.25) is 0 Å². The zero-order chi connectivity index (χ0) is 53.9. The average molecular weight is 1110 g/mol. The second kappa shape index (κ2) is 58.3. The Morgan fingerprint density at radius 1 is 0.400 bits per heavy atom. The van der Waals surface area contributed by atoms with E-state index in [-0.39, 0.29) is 13.2 Å². The Hall–Kier alpha value is -1.89. The van der Waals surface area contributed by atoms with E-state index >= 15 is 0 Å². The lowest BCUT2D eigenvalue weighted by molar-refractivity contribution is -0.640. The van der Waals surface area contributed by atoms with Crippen molar-refractivity contribution in [1.82, 2.24) is 0 Å². The molecule has 1 rings (SSSR count). The molecule has 1 aromatic rings. The van der Waals surface area contributed by atoms with Crippen LogP contribution in [0, 0.1) is 0 Å². The molecule has 22 nitrogen and oxygen atoms in total. The predicted molar refractivity (Wildman–Crippen MR) is 280 cm³/mol. The maximum Gasteiger partial charge on any atom is 0.597 e. The first-order valence-electron chi connectivity index (χ1n) is 27.0. The van der Waals surface area contributed by atoms with Crippen LogP contribution in [0.5, 0.6) is 5.75 Å². The summed E-state index contributed by atoms with van der Waals surface area (Å²) in [5.41, 5.74) is 2.49. The van der Waals surface area contributed by atoms with Crippen molar-refractivity contribution in [2.45, 2.75) is 65.2 Å². The number of rotatable bonds is 63. The van der Waals surface area contributed by atoms with Crippen LogP contribution in [0.1, 0.15) is 69.9 Å². The van der Waals surface area contributed by atoms with Gasteiger partial charge in [-0.05, 0) is 37.5 Å². The van der Waals surface area contributed by atoms with E-state index in [2.05, 4.69) is 51.6 Å². The van der Waals surface area contributed by atoms with Crippen molar-refractivity contribution in [3.63, 3.8) is 0 Å². The summed E-state index contributed by atoms with van der Waals surface area (Å²) in [6.45, 7) is 19.2. The predicted octanol–water partition coefficient (Wildman–Crippen LogP) is 4.52. The minimum atomic E-state index is -4.04. The van der Waals surface area contributed by atoms with Crippen molar-refractivity contribution in [3.8, 4) is 5.75 Å². The third kappa shape index (κ3) is 52.6. The smallest absolute Gasteiger partial charge is 0.491 e. The van der Waals surface area contributed by atoms with Crippen molar-refractivity contribution in [2.24, 2.45) is 0 Å². The fourth-order valence-corrected chi connectivity index (χ4v) is 6.66. The van der Waals surface area contributed by atoms with Gasteiger partial charge in [0, 0.05) is 9.77 Å². The second-order valence-electron chi connectivity index (χ2n) is 16.2. The van der Waals surface area contributed by atoms with Crippen molar-refractivity contribution in [2.75, 3.05) is 225 Å². The van der Waals surface area contributed by atoms with Crippen molar-refractivity contribution in [3.05, 3.63) is 35.4 Å². The van der Waals surface area contributed by atoms with Crippen LogP contribution >= 0.6 is 0 Å². The second-order valence-corrected chi connectivity index (χ2v) is 17.5. The SMILES string of the molecule is C/C=C/c1cc(CCCCCCCCC)ccc1OCCOCCOCCOCCOCCOCCOCCOCCOCCOCCOCCOCCOCCOCCOCCOCCOCCO[S+]([O])(=O)O[NH3+]. The van der Waals surface area contributed by atoms with Gasteiger partial charge in [-0.1, -0.05) is 63.7 Å². The molecule has 3 N–H and O–H groups in total. The summed E-state index contributed by atoms with van der Waals surface area (Å²) in [7, 11) is -4.04. The first-order valence-corrected chi connectivity index (χ1v) is 28.3. The van der Waals surface area contributed by atoms with Gasteiger partial charge in [0.05, 0.1) is 216 Å². The van der Waals surface area contributed by atoms with Crippen LogP contribution in [-0.2, 0) is 110 Å². The van der Waals surface area contributed by atoms with Crippen LogP contribution in [0.2, 0.25) is 0 Å². The molecule has 441 valence electrons. The van der Waals surface area contributed by atoms with Gasteiger partial charge in [-0.2, -0.15) is 5.90 Å². The van der Waals surface area contributed by atoms with Crippen molar-refractivity contribution >= 4 is 16.9 Å². The summed E-state index contributed by atoms with van der Waals surface area (Å²) < 4.78 is 124. The highest BCUT2D eigenvalue weighted by atomic mass is 32.3. The van der Waals surface area contributed by atoms with Crippen LogP contribution in [0.4, 0.5) is 0 Å². The molecule has 0 heterocycles. The summed E-state index contributed by atoms with van der Waals surface area (Å²) in [5.74, 6) is 3.67. The maximum absolute atomic E-state index is 10.9. The third-order valence-corrected chi connectivity index (χ3v) is 10.9. The van der Waals surface area contributed by atoms with Crippen LogP contribution < -0.4 is 10.6 Å². The van der Waals surface area contributed by atoms with Crippen molar-refractivity contribution in [1.29, 1.82) is 0 Å². The first kappa shape index (κ1) is 71.1. The molecule has 1 unspecified atom stereocenters. The number of allylic oxidation sites excluding steroid dienone is 1. The third-order valence-electron chi connectivity index (χ3n) is 10.2. The lowest BCUT2D eigenvalue weighted by Gasteiger charge is -2.12.